The van der Waals surface area contributed by atoms with Crippen LogP contribution in [0.3, 0.4) is 0 Å². The second-order valence-electron chi connectivity index (χ2n) is 4.83. The number of amides is 1. The molecule has 0 aromatic heterocycles. The molecule has 0 aliphatic rings. The quantitative estimate of drug-likeness (QED) is 0.817. The minimum atomic E-state index is -2.62. The summed E-state index contributed by atoms with van der Waals surface area (Å²) in [5.74, 6) is -0.129. The average Bonchev–Trinajstić information content (AvgIpc) is 2.37. The summed E-state index contributed by atoms with van der Waals surface area (Å²) in [6.07, 6.45) is -1.87. The largest absolute Gasteiger partial charge is 0.399 e. The molecule has 0 unspecified atom stereocenters. The van der Waals surface area contributed by atoms with Crippen LogP contribution in [-0.2, 0) is 4.79 Å². The van der Waals surface area contributed by atoms with Crippen LogP contribution < -0.4 is 10.6 Å². The van der Waals surface area contributed by atoms with Crippen LogP contribution >= 0.6 is 0 Å². The number of halogens is 2. The van der Waals surface area contributed by atoms with Crippen molar-refractivity contribution >= 4 is 17.3 Å². The lowest BCUT2D eigenvalue weighted by molar-refractivity contribution is -0.127. The summed E-state index contributed by atoms with van der Waals surface area (Å²) in [7, 11) is 3.28. The van der Waals surface area contributed by atoms with Gasteiger partial charge in [0.1, 0.15) is 0 Å². The van der Waals surface area contributed by atoms with Crippen molar-refractivity contribution < 1.29 is 13.6 Å². The molecule has 2 N–H and O–H groups in total. The number of benzene rings is 1. The van der Waals surface area contributed by atoms with E-state index in [1.165, 1.54) is 11.0 Å². The molecule has 0 atom stereocenters. The first kappa shape index (κ1) is 16.2. The van der Waals surface area contributed by atoms with Gasteiger partial charge in [-0.15, -0.1) is 0 Å². The summed E-state index contributed by atoms with van der Waals surface area (Å²) in [6.45, 7) is 2.54. The maximum Gasteiger partial charge on any atom is 0.265 e. The molecule has 0 spiro atoms. The van der Waals surface area contributed by atoms with E-state index in [0.717, 1.165) is 6.42 Å². The van der Waals surface area contributed by atoms with Gasteiger partial charge >= 0.3 is 0 Å². The average molecular weight is 285 g/mol. The molecule has 1 aromatic rings. The molecule has 20 heavy (non-hydrogen) atoms. The molecule has 0 radical (unpaired) electrons. The van der Waals surface area contributed by atoms with Crippen molar-refractivity contribution in [3.05, 3.63) is 23.8 Å². The fourth-order valence-corrected chi connectivity index (χ4v) is 1.90. The Hall–Kier alpha value is -1.85. The second-order valence-corrected chi connectivity index (χ2v) is 4.83. The first-order valence-corrected chi connectivity index (χ1v) is 6.49. The molecular weight excluding hydrogens is 264 g/mol. The van der Waals surface area contributed by atoms with Crippen LogP contribution in [0.1, 0.15) is 25.3 Å². The molecule has 4 nitrogen and oxygen atoms in total. The molecule has 0 fully saturated rings. The van der Waals surface area contributed by atoms with Gasteiger partial charge in [-0.25, -0.2) is 8.78 Å². The number of carbonyl (C=O) groups excluding carboxylic acids is 1. The van der Waals surface area contributed by atoms with Crippen molar-refractivity contribution in [2.75, 3.05) is 37.8 Å². The first-order valence-electron chi connectivity index (χ1n) is 6.49. The Morgan fingerprint density at radius 2 is 2.00 bits per heavy atom. The van der Waals surface area contributed by atoms with Crippen molar-refractivity contribution in [2.45, 2.75) is 19.8 Å². The molecule has 0 saturated carbocycles. The van der Waals surface area contributed by atoms with E-state index < -0.39 is 6.43 Å². The van der Waals surface area contributed by atoms with Crippen molar-refractivity contribution in [1.29, 1.82) is 0 Å². The van der Waals surface area contributed by atoms with Gasteiger partial charge in [-0.2, -0.15) is 0 Å². The topological polar surface area (TPSA) is 49.6 Å². The maximum absolute atomic E-state index is 13.1. The number of nitrogen functional groups attached to an aromatic ring is 1. The fourth-order valence-electron chi connectivity index (χ4n) is 1.90. The number of anilines is 2. The van der Waals surface area contributed by atoms with E-state index in [9.17, 15) is 13.6 Å². The molecule has 0 aliphatic heterocycles. The lowest BCUT2D eigenvalue weighted by atomic mass is 10.1. The molecule has 0 heterocycles. The third-order valence-corrected chi connectivity index (χ3v) is 2.95. The van der Waals surface area contributed by atoms with Gasteiger partial charge in [0.25, 0.3) is 6.43 Å². The Balaban J connectivity index is 3.11. The Kier molecular flexibility index (Phi) is 5.73. The second kappa shape index (κ2) is 7.07. The van der Waals surface area contributed by atoms with Gasteiger partial charge in [0.15, 0.2) is 0 Å². The van der Waals surface area contributed by atoms with Gasteiger partial charge in [-0.3, -0.25) is 4.79 Å². The lowest BCUT2D eigenvalue weighted by Gasteiger charge is -2.27. The number of carbonyl (C=O) groups is 1. The summed E-state index contributed by atoms with van der Waals surface area (Å²) < 4.78 is 26.3. The van der Waals surface area contributed by atoms with E-state index >= 15 is 0 Å². The number of nitrogens with zero attached hydrogens (tertiary/aromatic N) is 2. The number of likely N-dealkylation sites (N-methyl/N-ethyl adjacent to an activating group) is 1. The van der Waals surface area contributed by atoms with Crippen LogP contribution in [0.4, 0.5) is 20.2 Å². The van der Waals surface area contributed by atoms with E-state index in [4.69, 9.17) is 5.73 Å². The third kappa shape index (κ3) is 4.08. The van der Waals surface area contributed by atoms with Crippen LogP contribution in [0.15, 0.2) is 18.2 Å². The van der Waals surface area contributed by atoms with Gasteiger partial charge < -0.3 is 15.5 Å². The highest BCUT2D eigenvalue weighted by Crippen LogP contribution is 2.31. The van der Waals surface area contributed by atoms with Crippen LogP contribution in [0.5, 0.6) is 0 Å². The highest BCUT2D eigenvalue weighted by atomic mass is 19.3. The Bertz CT molecular complexity index is 464. The standard InChI is InChI=1S/C14H21F2N3O/c1-4-7-19(9-13(20)18(2)3)12-6-5-10(17)8-11(12)14(15)16/h5-6,8,14H,4,7,9,17H2,1-3H3. The van der Waals surface area contributed by atoms with E-state index in [-0.39, 0.29) is 18.0 Å². The molecule has 1 rings (SSSR count). The zero-order valence-electron chi connectivity index (χ0n) is 12.1. The van der Waals surface area contributed by atoms with Crippen LogP contribution in [-0.4, -0.2) is 38.0 Å². The fraction of sp³-hybridized carbons (Fsp3) is 0.500. The number of hydrogen-bond donors (Lipinski definition) is 1. The molecule has 0 saturated heterocycles. The van der Waals surface area contributed by atoms with Crippen molar-refractivity contribution in [1.82, 2.24) is 4.90 Å². The smallest absolute Gasteiger partial charge is 0.265 e. The van der Waals surface area contributed by atoms with E-state index in [1.807, 2.05) is 6.92 Å². The molecule has 6 heteroatoms. The molecule has 1 amide bonds. The first-order chi connectivity index (χ1) is 9.36. The summed E-state index contributed by atoms with van der Waals surface area (Å²) in [4.78, 5) is 14.9. The number of rotatable bonds is 6. The predicted octanol–water partition coefficient (Wildman–Crippen LogP) is 2.51. The van der Waals surface area contributed by atoms with Crippen molar-refractivity contribution in [3.63, 3.8) is 0 Å². The number of nitrogens with two attached hydrogens (primary N) is 1. The summed E-state index contributed by atoms with van der Waals surface area (Å²) in [6, 6.07) is 4.39. The van der Waals surface area contributed by atoms with Gasteiger partial charge in [-0.1, -0.05) is 6.92 Å². The van der Waals surface area contributed by atoms with Crippen LogP contribution in [0.2, 0.25) is 0 Å². The number of hydrogen-bond acceptors (Lipinski definition) is 3. The lowest BCUT2D eigenvalue weighted by Crippen LogP contribution is -2.37. The summed E-state index contributed by atoms with van der Waals surface area (Å²) in [5.41, 5.74) is 6.09. The SMILES string of the molecule is CCCN(CC(=O)N(C)C)c1ccc(N)cc1C(F)F. The van der Waals surface area contributed by atoms with Gasteiger partial charge in [-0.05, 0) is 24.6 Å². The normalized spacial score (nSPS) is 10.7. The zero-order valence-corrected chi connectivity index (χ0v) is 12.1. The van der Waals surface area contributed by atoms with Gasteiger partial charge in [0.05, 0.1) is 6.54 Å². The van der Waals surface area contributed by atoms with Crippen molar-refractivity contribution in [3.8, 4) is 0 Å². The summed E-state index contributed by atoms with van der Waals surface area (Å²) in [5, 5.41) is 0. The van der Waals surface area contributed by atoms with Crippen molar-refractivity contribution in [2.24, 2.45) is 0 Å². The Labute approximate surface area is 118 Å². The Morgan fingerprint density at radius 3 is 2.50 bits per heavy atom. The molecule has 1 aromatic carbocycles. The maximum atomic E-state index is 13.1. The minimum Gasteiger partial charge on any atom is -0.399 e. The molecular formula is C14H21F2N3O. The van der Waals surface area contributed by atoms with Gasteiger partial charge in [0.2, 0.25) is 5.91 Å². The molecule has 0 bridgehead atoms. The van der Waals surface area contributed by atoms with E-state index in [0.29, 0.717) is 17.9 Å². The van der Waals surface area contributed by atoms with E-state index in [1.54, 1.807) is 31.1 Å². The molecule has 112 valence electrons. The monoisotopic (exact) mass is 285 g/mol. The zero-order chi connectivity index (χ0) is 15.3. The van der Waals surface area contributed by atoms with Gasteiger partial charge in [0, 0.05) is 37.6 Å². The highest BCUT2D eigenvalue weighted by molar-refractivity contribution is 5.81. The number of alkyl halides is 2. The highest BCUT2D eigenvalue weighted by Gasteiger charge is 2.20. The van der Waals surface area contributed by atoms with E-state index in [2.05, 4.69) is 0 Å². The summed E-state index contributed by atoms with van der Waals surface area (Å²) >= 11 is 0. The van der Waals surface area contributed by atoms with Crippen LogP contribution in [0.25, 0.3) is 0 Å². The third-order valence-electron chi connectivity index (χ3n) is 2.95. The predicted molar refractivity (Wildman–Crippen MR) is 77.0 cm³/mol. The molecule has 0 aliphatic carbocycles. The minimum absolute atomic E-state index is 0.0739. The van der Waals surface area contributed by atoms with Crippen LogP contribution in [0, 0.1) is 0 Å². The Morgan fingerprint density at radius 1 is 1.35 bits per heavy atom.